The van der Waals surface area contributed by atoms with Gasteiger partial charge in [-0.05, 0) is 36.8 Å². The topological polar surface area (TPSA) is 73.5 Å². The second kappa shape index (κ2) is 9.70. The standard InChI is InChI=1S/C36H27N6O/c1-22-18-19-25-26-20-21-27(34-39-32(23-12-6-4-7-13-23)38-33(40-34)24-14-8-5-9-15-24)37-35(26)43-31(25)30(22)36-41(2)28-16-10-11-17-29(28)42(36)3/h4-21H,1-3H3/q+1. The summed E-state index contributed by atoms with van der Waals surface area (Å²) in [6.07, 6.45) is 0. The van der Waals surface area contributed by atoms with Crippen molar-refractivity contribution >= 4 is 33.1 Å². The van der Waals surface area contributed by atoms with Gasteiger partial charge in [-0.3, -0.25) is 0 Å². The third-order valence-electron chi connectivity index (χ3n) is 8.11. The predicted molar refractivity (Wildman–Crippen MR) is 169 cm³/mol. The predicted octanol–water partition coefficient (Wildman–Crippen LogP) is 7.46. The van der Waals surface area contributed by atoms with Crippen molar-refractivity contribution in [2.24, 2.45) is 14.1 Å². The fourth-order valence-electron chi connectivity index (χ4n) is 5.96. The van der Waals surface area contributed by atoms with E-state index in [9.17, 15) is 0 Å². The average Bonchev–Trinajstić information content (AvgIpc) is 3.55. The number of aryl methyl sites for hydroxylation is 3. The molecule has 0 aliphatic heterocycles. The van der Waals surface area contributed by atoms with Crippen molar-refractivity contribution in [2.45, 2.75) is 6.92 Å². The van der Waals surface area contributed by atoms with Gasteiger partial charge in [-0.25, -0.2) is 29.1 Å². The Hall–Kier alpha value is -5.69. The van der Waals surface area contributed by atoms with Gasteiger partial charge >= 0.3 is 0 Å². The second-order valence-electron chi connectivity index (χ2n) is 10.8. The number of imidazole rings is 1. The first-order valence-electron chi connectivity index (χ1n) is 14.2. The van der Waals surface area contributed by atoms with E-state index in [2.05, 4.69) is 72.6 Å². The lowest BCUT2D eigenvalue weighted by Crippen LogP contribution is -2.30. The monoisotopic (exact) mass is 559 g/mol. The smallest absolute Gasteiger partial charge is 0.293 e. The van der Waals surface area contributed by atoms with E-state index >= 15 is 0 Å². The van der Waals surface area contributed by atoms with Crippen LogP contribution in [0.1, 0.15) is 5.56 Å². The molecule has 0 radical (unpaired) electrons. The van der Waals surface area contributed by atoms with Crippen LogP contribution in [0.2, 0.25) is 0 Å². The van der Waals surface area contributed by atoms with Gasteiger partial charge in [-0.2, -0.15) is 0 Å². The van der Waals surface area contributed by atoms with E-state index in [-0.39, 0.29) is 0 Å². The van der Waals surface area contributed by atoms with Crippen LogP contribution < -0.4 is 4.57 Å². The number of pyridine rings is 1. The number of fused-ring (bicyclic) bond motifs is 4. The van der Waals surface area contributed by atoms with Crippen LogP contribution in [0.4, 0.5) is 0 Å². The zero-order valence-corrected chi connectivity index (χ0v) is 24.0. The SMILES string of the molecule is Cc1ccc2c(oc3nc(-c4nc(-c5ccccc5)nc(-c5ccccc5)n4)ccc32)c1-c1n(C)c2ccccc2[n+]1C. The summed E-state index contributed by atoms with van der Waals surface area (Å²) < 4.78 is 11.1. The Labute approximate surface area is 247 Å². The van der Waals surface area contributed by atoms with Crippen molar-refractivity contribution in [3.63, 3.8) is 0 Å². The van der Waals surface area contributed by atoms with Gasteiger partial charge in [0, 0.05) is 21.9 Å². The summed E-state index contributed by atoms with van der Waals surface area (Å²) in [5.41, 5.74) is 8.30. The summed E-state index contributed by atoms with van der Waals surface area (Å²) in [5.74, 6) is 2.75. The van der Waals surface area contributed by atoms with E-state index in [1.807, 2.05) is 66.7 Å². The Morgan fingerprint density at radius 2 is 1.23 bits per heavy atom. The molecule has 4 aromatic carbocycles. The van der Waals surface area contributed by atoms with Gasteiger partial charge < -0.3 is 4.42 Å². The summed E-state index contributed by atoms with van der Waals surface area (Å²) in [5, 5.41) is 1.97. The number of nitrogens with zero attached hydrogens (tertiary/aromatic N) is 6. The highest BCUT2D eigenvalue weighted by Crippen LogP contribution is 2.38. The molecule has 8 rings (SSSR count). The van der Waals surface area contributed by atoms with E-state index in [4.69, 9.17) is 24.4 Å². The van der Waals surface area contributed by atoms with Crippen molar-refractivity contribution in [2.75, 3.05) is 0 Å². The molecule has 0 N–H and O–H groups in total. The normalized spacial score (nSPS) is 11.6. The first-order chi connectivity index (χ1) is 21.1. The number of hydrogen-bond donors (Lipinski definition) is 0. The van der Waals surface area contributed by atoms with E-state index in [1.54, 1.807) is 0 Å². The quantitative estimate of drug-likeness (QED) is 0.209. The number of rotatable bonds is 4. The van der Waals surface area contributed by atoms with Crippen molar-refractivity contribution < 1.29 is 8.98 Å². The molecule has 8 aromatic rings. The highest BCUT2D eigenvalue weighted by molar-refractivity contribution is 6.09. The molecule has 7 heteroatoms. The summed E-state index contributed by atoms with van der Waals surface area (Å²) in [6.45, 7) is 2.12. The van der Waals surface area contributed by atoms with Crippen LogP contribution >= 0.6 is 0 Å². The molecule has 0 aliphatic rings. The molecule has 0 atom stereocenters. The summed E-state index contributed by atoms with van der Waals surface area (Å²) in [4.78, 5) is 19.5. The maximum atomic E-state index is 6.61. The number of benzene rings is 4. The van der Waals surface area contributed by atoms with Gasteiger partial charge in [-0.1, -0.05) is 84.9 Å². The molecule has 7 nitrogen and oxygen atoms in total. The largest absolute Gasteiger partial charge is 0.437 e. The molecule has 0 aliphatic carbocycles. The summed E-state index contributed by atoms with van der Waals surface area (Å²) >= 11 is 0. The highest BCUT2D eigenvalue weighted by atomic mass is 16.3. The molecule has 0 fully saturated rings. The Bertz CT molecular complexity index is 2220. The van der Waals surface area contributed by atoms with Crippen molar-refractivity contribution in [3.8, 4) is 45.7 Å². The fourth-order valence-corrected chi connectivity index (χ4v) is 5.96. The van der Waals surface area contributed by atoms with E-state index in [0.29, 0.717) is 28.9 Å². The first-order valence-corrected chi connectivity index (χ1v) is 14.2. The summed E-state index contributed by atoms with van der Waals surface area (Å²) in [6, 6.07) is 36.6. The molecular formula is C36H27N6O+. The maximum Gasteiger partial charge on any atom is 0.293 e. The molecule has 206 valence electrons. The van der Waals surface area contributed by atoms with Crippen LogP contribution in [-0.2, 0) is 14.1 Å². The molecule has 4 aromatic heterocycles. The lowest BCUT2D eigenvalue weighted by molar-refractivity contribution is -0.634. The van der Waals surface area contributed by atoms with Gasteiger partial charge in [0.15, 0.2) is 34.1 Å². The molecule has 0 saturated carbocycles. The van der Waals surface area contributed by atoms with E-state index < -0.39 is 0 Å². The molecule has 0 unspecified atom stereocenters. The molecule has 0 bridgehead atoms. The molecule has 0 saturated heterocycles. The van der Waals surface area contributed by atoms with Gasteiger partial charge in [0.2, 0.25) is 5.71 Å². The van der Waals surface area contributed by atoms with Crippen LogP contribution in [0.5, 0.6) is 0 Å². The highest BCUT2D eigenvalue weighted by Gasteiger charge is 2.27. The fraction of sp³-hybridized carbons (Fsp3) is 0.0833. The van der Waals surface area contributed by atoms with E-state index in [1.165, 1.54) is 0 Å². The molecule has 43 heavy (non-hydrogen) atoms. The van der Waals surface area contributed by atoms with Crippen molar-refractivity contribution in [3.05, 3.63) is 115 Å². The lowest BCUT2D eigenvalue weighted by atomic mass is 10.0. The van der Waals surface area contributed by atoms with Crippen LogP contribution in [-0.4, -0.2) is 24.5 Å². The summed E-state index contributed by atoms with van der Waals surface area (Å²) in [7, 11) is 4.20. The average molecular weight is 560 g/mol. The van der Waals surface area contributed by atoms with Gasteiger partial charge in [0.1, 0.15) is 11.3 Å². The minimum Gasteiger partial charge on any atom is -0.437 e. The lowest BCUT2D eigenvalue weighted by Gasteiger charge is -2.07. The Kier molecular flexibility index (Phi) is 5.65. The van der Waals surface area contributed by atoms with Crippen LogP contribution in [0.3, 0.4) is 0 Å². The van der Waals surface area contributed by atoms with Crippen molar-refractivity contribution in [1.29, 1.82) is 0 Å². The number of para-hydroxylation sites is 2. The Morgan fingerprint density at radius 1 is 0.628 bits per heavy atom. The third-order valence-corrected chi connectivity index (χ3v) is 8.11. The van der Waals surface area contributed by atoms with Gasteiger partial charge in [0.05, 0.1) is 14.1 Å². The molecule has 4 heterocycles. The van der Waals surface area contributed by atoms with Gasteiger partial charge in [0.25, 0.3) is 5.82 Å². The Balaban J connectivity index is 1.33. The zero-order valence-electron chi connectivity index (χ0n) is 24.0. The molecule has 0 amide bonds. The van der Waals surface area contributed by atoms with Crippen molar-refractivity contribution in [1.82, 2.24) is 24.5 Å². The van der Waals surface area contributed by atoms with E-state index in [0.717, 1.165) is 55.5 Å². The second-order valence-corrected chi connectivity index (χ2v) is 10.8. The third kappa shape index (κ3) is 4.00. The number of hydrogen-bond acceptors (Lipinski definition) is 5. The maximum absolute atomic E-state index is 6.61. The van der Waals surface area contributed by atoms with Crippen LogP contribution in [0.25, 0.3) is 78.8 Å². The first kappa shape index (κ1) is 25.1. The molecule has 0 spiro atoms. The Morgan fingerprint density at radius 3 is 1.91 bits per heavy atom. The number of furan rings is 1. The van der Waals surface area contributed by atoms with Crippen LogP contribution in [0, 0.1) is 6.92 Å². The minimum absolute atomic E-state index is 0.492. The molecular weight excluding hydrogens is 532 g/mol. The zero-order chi connectivity index (χ0) is 29.1. The number of aromatic nitrogens is 6. The minimum atomic E-state index is 0.492. The van der Waals surface area contributed by atoms with Gasteiger partial charge in [-0.15, -0.1) is 0 Å². The van der Waals surface area contributed by atoms with Crippen LogP contribution in [0.15, 0.2) is 114 Å².